The van der Waals surface area contributed by atoms with Crippen molar-refractivity contribution in [3.05, 3.63) is 5.82 Å². The summed E-state index contributed by atoms with van der Waals surface area (Å²) in [6, 6.07) is -2.22. The standard InChI is InChI=1S/C6H8Cl3N9O2/c7-6(8,9)1-14-4(17(12)2(10)19)16-5(15-1)18(13)3(11)20/h12-13H2,(H2,10,19)(H2,11,20). The van der Waals surface area contributed by atoms with E-state index in [2.05, 4.69) is 15.0 Å². The van der Waals surface area contributed by atoms with Gasteiger partial charge in [0.05, 0.1) is 0 Å². The van der Waals surface area contributed by atoms with Gasteiger partial charge in [-0.3, -0.25) is 0 Å². The second kappa shape index (κ2) is 5.76. The van der Waals surface area contributed by atoms with E-state index in [1.54, 1.807) is 0 Å². The normalized spacial score (nSPS) is 11.1. The van der Waals surface area contributed by atoms with E-state index < -0.39 is 33.6 Å². The Morgan fingerprint density at radius 1 is 0.900 bits per heavy atom. The first-order valence-electron chi connectivity index (χ1n) is 4.56. The summed E-state index contributed by atoms with van der Waals surface area (Å²) in [6.45, 7) is 0. The summed E-state index contributed by atoms with van der Waals surface area (Å²) in [6.07, 6.45) is 0. The number of anilines is 2. The zero-order valence-electron chi connectivity index (χ0n) is 9.50. The van der Waals surface area contributed by atoms with Gasteiger partial charge in [-0.25, -0.2) is 21.3 Å². The highest BCUT2D eigenvalue weighted by Gasteiger charge is 2.30. The maximum Gasteiger partial charge on any atom is 0.336 e. The first-order valence-corrected chi connectivity index (χ1v) is 5.69. The quantitative estimate of drug-likeness (QED) is 0.234. The molecule has 0 fully saturated rings. The molecule has 0 atom stereocenters. The van der Waals surface area contributed by atoms with Gasteiger partial charge >= 0.3 is 12.1 Å². The van der Waals surface area contributed by atoms with Gasteiger partial charge in [-0.1, -0.05) is 34.8 Å². The molecular formula is C6H8Cl3N9O2. The van der Waals surface area contributed by atoms with Gasteiger partial charge in [0.15, 0.2) is 5.82 Å². The largest absolute Gasteiger partial charge is 0.350 e. The molecule has 0 saturated carbocycles. The molecule has 0 aromatic carbocycles. The minimum atomic E-state index is -2.09. The fraction of sp³-hybridized carbons (Fsp3) is 0.167. The number of rotatable bonds is 2. The molecule has 14 heteroatoms. The molecule has 1 aromatic heterocycles. The number of halogens is 3. The van der Waals surface area contributed by atoms with Gasteiger partial charge in [-0.15, -0.1) is 0 Å². The molecule has 20 heavy (non-hydrogen) atoms. The monoisotopic (exact) mass is 343 g/mol. The number of hydrazine groups is 2. The summed E-state index contributed by atoms with van der Waals surface area (Å²) in [5, 5.41) is 0.667. The van der Waals surface area contributed by atoms with Crippen LogP contribution in [0.5, 0.6) is 0 Å². The minimum Gasteiger partial charge on any atom is -0.350 e. The summed E-state index contributed by atoms with van der Waals surface area (Å²) in [7, 11) is 0. The molecule has 1 aromatic rings. The van der Waals surface area contributed by atoms with Crippen molar-refractivity contribution in [1.29, 1.82) is 0 Å². The van der Waals surface area contributed by atoms with Gasteiger partial charge in [0.25, 0.3) is 11.9 Å². The molecule has 0 aliphatic rings. The Balaban J connectivity index is 3.43. The third-order valence-electron chi connectivity index (χ3n) is 1.77. The van der Waals surface area contributed by atoms with Crippen LogP contribution in [0.1, 0.15) is 5.82 Å². The van der Waals surface area contributed by atoms with Gasteiger partial charge < -0.3 is 11.5 Å². The van der Waals surface area contributed by atoms with Crippen LogP contribution in [0.4, 0.5) is 21.5 Å². The number of hydrogen-bond acceptors (Lipinski definition) is 7. The molecule has 0 spiro atoms. The molecule has 0 radical (unpaired) electrons. The highest BCUT2D eigenvalue weighted by molar-refractivity contribution is 6.66. The molecule has 0 saturated heterocycles. The van der Waals surface area contributed by atoms with E-state index in [9.17, 15) is 9.59 Å². The lowest BCUT2D eigenvalue weighted by Crippen LogP contribution is -2.45. The van der Waals surface area contributed by atoms with Crippen LogP contribution >= 0.6 is 34.8 Å². The fourth-order valence-corrected chi connectivity index (χ4v) is 1.15. The average Bonchev–Trinajstić information content (AvgIpc) is 2.34. The Hall–Kier alpha value is -1.66. The smallest absolute Gasteiger partial charge is 0.336 e. The van der Waals surface area contributed by atoms with Crippen molar-refractivity contribution in [3.63, 3.8) is 0 Å². The van der Waals surface area contributed by atoms with Gasteiger partial charge in [0.1, 0.15) is 0 Å². The number of carbonyl (C=O) groups is 2. The van der Waals surface area contributed by atoms with Crippen LogP contribution in [0.15, 0.2) is 0 Å². The summed E-state index contributed by atoms with van der Waals surface area (Å²) < 4.78 is -2.09. The van der Waals surface area contributed by atoms with Crippen LogP contribution in [0.3, 0.4) is 0 Å². The lowest BCUT2D eigenvalue weighted by Gasteiger charge is -2.18. The maximum atomic E-state index is 11.0. The van der Waals surface area contributed by atoms with E-state index in [0.29, 0.717) is 10.0 Å². The summed E-state index contributed by atoms with van der Waals surface area (Å²) in [5.74, 6) is 9.15. The van der Waals surface area contributed by atoms with Gasteiger partial charge in [0, 0.05) is 0 Å². The maximum absolute atomic E-state index is 11.0. The van der Waals surface area contributed by atoms with Gasteiger partial charge in [0.2, 0.25) is 3.79 Å². The molecule has 0 unspecified atom stereocenters. The number of aromatic nitrogens is 3. The molecule has 0 bridgehead atoms. The van der Waals surface area contributed by atoms with Crippen LogP contribution in [0.25, 0.3) is 0 Å². The molecular weight excluding hydrogens is 336 g/mol. The van der Waals surface area contributed by atoms with Crippen LogP contribution in [-0.4, -0.2) is 27.0 Å². The van der Waals surface area contributed by atoms with E-state index in [1.807, 2.05) is 0 Å². The summed E-state index contributed by atoms with van der Waals surface area (Å²) in [5.41, 5.74) is 9.88. The van der Waals surface area contributed by atoms with E-state index >= 15 is 0 Å². The van der Waals surface area contributed by atoms with Crippen molar-refractivity contribution in [1.82, 2.24) is 15.0 Å². The first-order chi connectivity index (χ1) is 9.04. The molecule has 0 aliphatic heterocycles. The van der Waals surface area contributed by atoms with Crippen molar-refractivity contribution >= 4 is 58.8 Å². The predicted molar refractivity (Wildman–Crippen MR) is 71.6 cm³/mol. The average molecular weight is 345 g/mol. The van der Waals surface area contributed by atoms with Crippen LogP contribution in [-0.2, 0) is 3.79 Å². The van der Waals surface area contributed by atoms with Crippen LogP contribution in [0, 0.1) is 0 Å². The van der Waals surface area contributed by atoms with Crippen LogP contribution < -0.4 is 33.2 Å². The summed E-state index contributed by atoms with van der Waals surface area (Å²) in [4.78, 5) is 32.7. The van der Waals surface area contributed by atoms with E-state index in [-0.39, 0.29) is 0 Å². The Morgan fingerprint density at radius 3 is 1.50 bits per heavy atom. The SMILES string of the molecule is NC(=O)N(N)c1nc(N(N)C(N)=O)nc(C(Cl)(Cl)Cl)n1. The van der Waals surface area contributed by atoms with Crippen molar-refractivity contribution in [3.8, 4) is 0 Å². The topological polar surface area (TPSA) is 183 Å². The minimum absolute atomic E-state index is 0.333. The Morgan fingerprint density at radius 2 is 1.25 bits per heavy atom. The zero-order valence-corrected chi connectivity index (χ0v) is 11.8. The van der Waals surface area contributed by atoms with Crippen LogP contribution in [0.2, 0.25) is 0 Å². The molecule has 110 valence electrons. The Kier molecular flexibility index (Phi) is 4.73. The third kappa shape index (κ3) is 3.68. The van der Waals surface area contributed by atoms with E-state index in [1.165, 1.54) is 0 Å². The third-order valence-corrected chi connectivity index (χ3v) is 2.28. The highest BCUT2D eigenvalue weighted by Crippen LogP contribution is 2.36. The number of urea groups is 2. The van der Waals surface area contributed by atoms with Gasteiger partial charge in [-0.05, 0) is 0 Å². The lowest BCUT2D eigenvalue weighted by atomic mass is 10.6. The Labute approximate surface area is 126 Å². The molecule has 0 aliphatic carbocycles. The second-order valence-electron chi connectivity index (χ2n) is 3.17. The van der Waals surface area contributed by atoms with Crippen molar-refractivity contribution in [2.24, 2.45) is 23.2 Å². The number of hydrogen-bond donors (Lipinski definition) is 4. The van der Waals surface area contributed by atoms with E-state index in [4.69, 9.17) is 58.0 Å². The first kappa shape index (κ1) is 16.4. The lowest BCUT2D eigenvalue weighted by molar-refractivity contribution is 0.253. The zero-order chi connectivity index (χ0) is 15.7. The van der Waals surface area contributed by atoms with Crippen molar-refractivity contribution in [2.75, 3.05) is 10.0 Å². The fourth-order valence-electron chi connectivity index (χ4n) is 0.893. The molecule has 1 heterocycles. The molecule has 1 rings (SSSR count). The molecule has 11 nitrogen and oxygen atoms in total. The highest BCUT2D eigenvalue weighted by atomic mass is 35.6. The summed E-state index contributed by atoms with van der Waals surface area (Å²) >= 11 is 16.8. The number of carbonyl (C=O) groups excluding carboxylic acids is 2. The number of amides is 4. The molecule has 8 N–H and O–H groups in total. The second-order valence-corrected chi connectivity index (χ2v) is 5.45. The number of nitrogens with zero attached hydrogens (tertiary/aromatic N) is 5. The number of primary amides is 2. The van der Waals surface area contributed by atoms with E-state index in [0.717, 1.165) is 0 Å². The predicted octanol–water partition coefficient (Wildman–Crippen LogP) is -0.784. The number of alkyl halides is 3. The van der Waals surface area contributed by atoms with Gasteiger partial charge in [-0.2, -0.15) is 25.0 Å². The van der Waals surface area contributed by atoms with Crippen molar-refractivity contribution < 1.29 is 9.59 Å². The van der Waals surface area contributed by atoms with Crippen molar-refractivity contribution in [2.45, 2.75) is 3.79 Å². The Bertz CT molecular complexity index is 509. The number of nitrogens with two attached hydrogens (primary N) is 4. The molecule has 4 amide bonds.